The van der Waals surface area contributed by atoms with E-state index in [0.29, 0.717) is 31.1 Å². The molecule has 2 amide bonds. The number of hydrogen-bond acceptors (Lipinski definition) is 5. The van der Waals surface area contributed by atoms with Gasteiger partial charge in [0.2, 0.25) is 11.8 Å². The number of hydrogen-bond donors (Lipinski definition) is 1. The first-order valence-electron chi connectivity index (χ1n) is 9.09. The molecule has 146 valence electrons. The summed E-state index contributed by atoms with van der Waals surface area (Å²) in [5, 5.41) is 5.21. The Hall–Kier alpha value is -2.25. The monoisotopic (exact) mass is 389 g/mol. The molecular formula is C20H27N3O3S. The molecule has 0 bridgehead atoms. The van der Waals surface area contributed by atoms with Crippen LogP contribution in [0.15, 0.2) is 35.7 Å². The lowest BCUT2D eigenvalue weighted by molar-refractivity contribution is -0.136. The van der Waals surface area contributed by atoms with Gasteiger partial charge < -0.3 is 15.0 Å². The Bertz CT molecular complexity index is 733. The Kier molecular flexibility index (Phi) is 8.42. The molecule has 0 aliphatic carbocycles. The topological polar surface area (TPSA) is 71.5 Å². The third-order valence-corrected chi connectivity index (χ3v) is 5.07. The maximum Gasteiger partial charge on any atom is 0.245 e. The van der Waals surface area contributed by atoms with E-state index < -0.39 is 0 Å². The number of rotatable bonds is 10. The van der Waals surface area contributed by atoms with Crippen LogP contribution in [0.5, 0.6) is 0 Å². The zero-order valence-electron chi connectivity index (χ0n) is 16.1. The Balaban J connectivity index is 2.09. The number of ether oxygens (including phenoxy) is 1. The SMILES string of the molecule is CCC(C(=O)N(CCCOC)CC(=O)Nc1nc(C)cs1)c1ccccc1. The van der Waals surface area contributed by atoms with E-state index >= 15 is 0 Å². The average molecular weight is 390 g/mol. The molecule has 0 fully saturated rings. The predicted molar refractivity (Wildman–Crippen MR) is 108 cm³/mol. The molecule has 0 aliphatic rings. The van der Waals surface area contributed by atoms with Crippen molar-refractivity contribution in [3.63, 3.8) is 0 Å². The van der Waals surface area contributed by atoms with E-state index in [9.17, 15) is 9.59 Å². The third kappa shape index (κ3) is 6.45. The molecule has 0 saturated heterocycles. The van der Waals surface area contributed by atoms with Crippen LogP contribution in [0, 0.1) is 6.92 Å². The number of aryl methyl sites for hydroxylation is 1. The number of nitrogens with zero attached hydrogens (tertiary/aromatic N) is 2. The van der Waals surface area contributed by atoms with E-state index in [2.05, 4.69) is 10.3 Å². The van der Waals surface area contributed by atoms with Crippen LogP contribution >= 0.6 is 11.3 Å². The molecule has 1 atom stereocenters. The van der Waals surface area contributed by atoms with Crippen LogP contribution in [0.2, 0.25) is 0 Å². The number of amides is 2. The van der Waals surface area contributed by atoms with Crippen LogP contribution in [-0.2, 0) is 14.3 Å². The molecule has 0 radical (unpaired) electrons. The normalized spacial score (nSPS) is 11.8. The van der Waals surface area contributed by atoms with Crippen LogP contribution in [0.3, 0.4) is 0 Å². The number of aromatic nitrogens is 1. The van der Waals surface area contributed by atoms with Gasteiger partial charge in [0.05, 0.1) is 18.2 Å². The van der Waals surface area contributed by atoms with E-state index in [1.165, 1.54) is 11.3 Å². The maximum atomic E-state index is 13.2. The fourth-order valence-electron chi connectivity index (χ4n) is 2.87. The smallest absolute Gasteiger partial charge is 0.245 e. The summed E-state index contributed by atoms with van der Waals surface area (Å²) in [6.07, 6.45) is 1.36. The summed E-state index contributed by atoms with van der Waals surface area (Å²) in [7, 11) is 1.63. The molecule has 27 heavy (non-hydrogen) atoms. The highest BCUT2D eigenvalue weighted by atomic mass is 32.1. The van der Waals surface area contributed by atoms with Gasteiger partial charge in [0.1, 0.15) is 0 Å². The van der Waals surface area contributed by atoms with Crippen molar-refractivity contribution in [3.05, 3.63) is 47.0 Å². The zero-order chi connectivity index (χ0) is 19.6. The van der Waals surface area contributed by atoms with Crippen molar-refractivity contribution in [2.75, 3.05) is 32.1 Å². The molecular weight excluding hydrogens is 362 g/mol. The summed E-state index contributed by atoms with van der Waals surface area (Å²) in [4.78, 5) is 31.5. The van der Waals surface area contributed by atoms with Gasteiger partial charge in [-0.15, -0.1) is 11.3 Å². The minimum absolute atomic E-state index is 0.00447. The molecule has 7 heteroatoms. The third-order valence-electron chi connectivity index (χ3n) is 4.20. The van der Waals surface area contributed by atoms with Gasteiger partial charge in [-0.2, -0.15) is 0 Å². The van der Waals surface area contributed by atoms with Crippen LogP contribution < -0.4 is 5.32 Å². The highest BCUT2D eigenvalue weighted by Crippen LogP contribution is 2.22. The van der Waals surface area contributed by atoms with Gasteiger partial charge in [0.25, 0.3) is 0 Å². The van der Waals surface area contributed by atoms with E-state index in [1.807, 2.05) is 49.6 Å². The van der Waals surface area contributed by atoms with Gasteiger partial charge in [-0.3, -0.25) is 9.59 Å². The van der Waals surface area contributed by atoms with Crippen LogP contribution in [0.4, 0.5) is 5.13 Å². The van der Waals surface area contributed by atoms with Crippen molar-refractivity contribution in [3.8, 4) is 0 Å². The number of benzene rings is 1. The lowest BCUT2D eigenvalue weighted by Crippen LogP contribution is -2.41. The number of anilines is 1. The van der Waals surface area contributed by atoms with Crippen molar-refractivity contribution >= 4 is 28.3 Å². The molecule has 0 aliphatic heterocycles. The quantitative estimate of drug-likeness (QED) is 0.632. The second kappa shape index (κ2) is 10.8. The van der Waals surface area contributed by atoms with Gasteiger partial charge in [0, 0.05) is 25.6 Å². The zero-order valence-corrected chi connectivity index (χ0v) is 16.9. The van der Waals surface area contributed by atoms with Crippen LogP contribution in [0.1, 0.15) is 36.9 Å². The van der Waals surface area contributed by atoms with Gasteiger partial charge in [-0.25, -0.2) is 4.98 Å². The number of nitrogens with one attached hydrogen (secondary N) is 1. The average Bonchev–Trinajstić information content (AvgIpc) is 3.07. The first kappa shape index (κ1) is 21.1. The second-order valence-electron chi connectivity index (χ2n) is 6.32. The molecule has 6 nitrogen and oxygen atoms in total. The largest absolute Gasteiger partial charge is 0.385 e. The number of thiazole rings is 1. The highest BCUT2D eigenvalue weighted by Gasteiger charge is 2.26. The van der Waals surface area contributed by atoms with Gasteiger partial charge >= 0.3 is 0 Å². The van der Waals surface area contributed by atoms with Gasteiger partial charge in [-0.1, -0.05) is 37.3 Å². The van der Waals surface area contributed by atoms with Crippen molar-refractivity contribution in [2.45, 2.75) is 32.6 Å². The predicted octanol–water partition coefficient (Wildman–Crippen LogP) is 3.45. The Morgan fingerprint density at radius 2 is 2.04 bits per heavy atom. The second-order valence-corrected chi connectivity index (χ2v) is 7.18. The lowest BCUT2D eigenvalue weighted by atomic mass is 9.95. The molecule has 2 aromatic rings. The van der Waals surface area contributed by atoms with Crippen molar-refractivity contribution in [2.24, 2.45) is 0 Å². The molecule has 1 unspecified atom stereocenters. The molecule has 1 heterocycles. The Labute approximate surface area is 164 Å². The summed E-state index contributed by atoms with van der Waals surface area (Å²) in [5.41, 5.74) is 1.83. The molecule has 2 rings (SSSR count). The Morgan fingerprint density at radius 1 is 1.30 bits per heavy atom. The summed E-state index contributed by atoms with van der Waals surface area (Å²) < 4.78 is 5.10. The van der Waals surface area contributed by atoms with E-state index in [1.54, 1.807) is 12.0 Å². The minimum atomic E-state index is -0.261. The van der Waals surface area contributed by atoms with E-state index in [-0.39, 0.29) is 24.3 Å². The fourth-order valence-corrected chi connectivity index (χ4v) is 3.57. The summed E-state index contributed by atoms with van der Waals surface area (Å²) >= 11 is 1.38. The van der Waals surface area contributed by atoms with Crippen molar-refractivity contribution in [1.29, 1.82) is 0 Å². The number of carbonyl (C=O) groups is 2. The summed E-state index contributed by atoms with van der Waals surface area (Å²) in [5.74, 6) is -0.535. The standard InChI is InChI=1S/C20H27N3O3S/c1-4-17(16-9-6-5-7-10-16)19(25)23(11-8-12-26-3)13-18(24)22-20-21-15(2)14-27-20/h5-7,9-10,14,17H,4,8,11-13H2,1-3H3,(H,21,22,24). The molecule has 1 N–H and O–H groups in total. The van der Waals surface area contributed by atoms with Crippen molar-refractivity contribution in [1.82, 2.24) is 9.88 Å². The van der Waals surface area contributed by atoms with Gasteiger partial charge in [-0.05, 0) is 25.3 Å². The molecule has 1 aromatic heterocycles. The maximum absolute atomic E-state index is 13.2. The molecule has 0 saturated carbocycles. The minimum Gasteiger partial charge on any atom is -0.385 e. The summed E-state index contributed by atoms with van der Waals surface area (Å²) in [6.45, 7) is 4.88. The molecule has 0 spiro atoms. The first-order chi connectivity index (χ1) is 13.0. The summed E-state index contributed by atoms with van der Waals surface area (Å²) in [6, 6.07) is 9.70. The van der Waals surface area contributed by atoms with Crippen LogP contribution in [0.25, 0.3) is 0 Å². The van der Waals surface area contributed by atoms with Crippen molar-refractivity contribution < 1.29 is 14.3 Å². The molecule has 1 aromatic carbocycles. The number of carbonyl (C=O) groups excluding carboxylic acids is 2. The van der Waals surface area contributed by atoms with Crippen LogP contribution in [-0.4, -0.2) is 48.5 Å². The highest BCUT2D eigenvalue weighted by molar-refractivity contribution is 7.13. The van der Waals surface area contributed by atoms with E-state index in [0.717, 1.165) is 11.3 Å². The van der Waals surface area contributed by atoms with Gasteiger partial charge in [0.15, 0.2) is 5.13 Å². The first-order valence-corrected chi connectivity index (χ1v) is 9.97. The Morgan fingerprint density at radius 3 is 2.63 bits per heavy atom. The van der Waals surface area contributed by atoms with E-state index in [4.69, 9.17) is 4.74 Å². The number of methoxy groups -OCH3 is 1. The fraction of sp³-hybridized carbons (Fsp3) is 0.450. The lowest BCUT2D eigenvalue weighted by Gasteiger charge is -2.26.